The quantitative estimate of drug-likeness (QED) is 0.859. The highest BCUT2D eigenvalue weighted by molar-refractivity contribution is 6.33. The van der Waals surface area contributed by atoms with Crippen molar-refractivity contribution in [2.24, 2.45) is 0 Å². The van der Waals surface area contributed by atoms with Gasteiger partial charge in [-0.2, -0.15) is 0 Å². The zero-order chi connectivity index (χ0) is 12.4. The fraction of sp³-hybridized carbons (Fsp3) is 0.0833. The van der Waals surface area contributed by atoms with Crippen molar-refractivity contribution in [3.8, 4) is 0 Å². The van der Waals surface area contributed by atoms with E-state index in [2.05, 4.69) is 10.3 Å². The number of nitrogens with two attached hydrogens (primary N) is 1. The molecule has 1 aromatic heterocycles. The SMILES string of the molecule is Cc1cccc(F)c1Nc1ncc(N)cc1Cl. The lowest BCUT2D eigenvalue weighted by Gasteiger charge is -2.11. The van der Waals surface area contributed by atoms with Crippen molar-refractivity contribution in [2.45, 2.75) is 6.92 Å². The second-order valence-corrected chi connectivity index (χ2v) is 4.06. The normalized spacial score (nSPS) is 10.3. The van der Waals surface area contributed by atoms with Crippen LogP contribution in [0.5, 0.6) is 0 Å². The highest BCUT2D eigenvalue weighted by Crippen LogP contribution is 2.27. The zero-order valence-corrected chi connectivity index (χ0v) is 9.92. The largest absolute Gasteiger partial charge is 0.397 e. The maximum absolute atomic E-state index is 13.6. The van der Waals surface area contributed by atoms with Crippen LogP contribution in [0, 0.1) is 12.7 Å². The van der Waals surface area contributed by atoms with E-state index in [1.807, 2.05) is 0 Å². The van der Waals surface area contributed by atoms with Crippen molar-refractivity contribution in [1.82, 2.24) is 4.98 Å². The maximum atomic E-state index is 13.6. The van der Waals surface area contributed by atoms with Gasteiger partial charge in [0, 0.05) is 0 Å². The molecule has 0 amide bonds. The fourth-order valence-corrected chi connectivity index (χ4v) is 1.68. The van der Waals surface area contributed by atoms with Crippen LogP contribution in [-0.4, -0.2) is 4.98 Å². The summed E-state index contributed by atoms with van der Waals surface area (Å²) in [6, 6.07) is 6.39. The van der Waals surface area contributed by atoms with Crippen molar-refractivity contribution in [2.75, 3.05) is 11.1 Å². The van der Waals surface area contributed by atoms with E-state index in [0.717, 1.165) is 5.56 Å². The van der Waals surface area contributed by atoms with Crippen molar-refractivity contribution in [3.05, 3.63) is 46.9 Å². The van der Waals surface area contributed by atoms with Crippen molar-refractivity contribution in [1.29, 1.82) is 0 Å². The molecule has 3 nitrogen and oxygen atoms in total. The summed E-state index contributed by atoms with van der Waals surface area (Å²) < 4.78 is 13.6. The average molecular weight is 252 g/mol. The number of anilines is 3. The molecule has 88 valence electrons. The molecule has 2 aromatic rings. The Hall–Kier alpha value is -1.81. The van der Waals surface area contributed by atoms with Crippen LogP contribution in [0.1, 0.15) is 5.56 Å². The van der Waals surface area contributed by atoms with Crippen molar-refractivity contribution >= 4 is 28.8 Å². The van der Waals surface area contributed by atoms with E-state index in [-0.39, 0.29) is 5.82 Å². The summed E-state index contributed by atoms with van der Waals surface area (Å²) in [5, 5.41) is 3.22. The van der Waals surface area contributed by atoms with E-state index in [1.54, 1.807) is 25.1 Å². The van der Waals surface area contributed by atoms with Gasteiger partial charge in [0.15, 0.2) is 0 Å². The highest BCUT2D eigenvalue weighted by Gasteiger charge is 2.08. The Kier molecular flexibility index (Phi) is 3.15. The van der Waals surface area contributed by atoms with Gasteiger partial charge in [-0.3, -0.25) is 0 Å². The molecule has 0 saturated carbocycles. The minimum Gasteiger partial charge on any atom is -0.397 e. The smallest absolute Gasteiger partial charge is 0.149 e. The van der Waals surface area contributed by atoms with Gasteiger partial charge >= 0.3 is 0 Å². The van der Waals surface area contributed by atoms with E-state index in [1.165, 1.54) is 12.3 Å². The maximum Gasteiger partial charge on any atom is 0.149 e. The molecule has 0 aliphatic rings. The number of hydrogen-bond acceptors (Lipinski definition) is 3. The Morgan fingerprint density at radius 3 is 2.82 bits per heavy atom. The second-order valence-electron chi connectivity index (χ2n) is 3.66. The monoisotopic (exact) mass is 251 g/mol. The number of para-hydroxylation sites is 1. The number of aromatic nitrogens is 1. The summed E-state index contributed by atoms with van der Waals surface area (Å²) in [5.41, 5.74) is 7.14. The first-order valence-electron chi connectivity index (χ1n) is 5.01. The number of aryl methyl sites for hydroxylation is 1. The molecule has 0 aliphatic heterocycles. The van der Waals surface area contributed by atoms with Crippen molar-refractivity contribution < 1.29 is 4.39 Å². The van der Waals surface area contributed by atoms with Crippen LogP contribution in [0.4, 0.5) is 21.6 Å². The van der Waals surface area contributed by atoms with Gasteiger partial charge in [-0.1, -0.05) is 23.7 Å². The standard InChI is InChI=1S/C12H11ClFN3/c1-7-3-2-4-10(14)11(7)17-12-9(13)5-8(15)6-16-12/h2-6H,15H2,1H3,(H,16,17). The van der Waals surface area contributed by atoms with Crippen LogP contribution in [-0.2, 0) is 0 Å². The molecule has 0 saturated heterocycles. The molecule has 0 atom stereocenters. The molecule has 0 radical (unpaired) electrons. The molecule has 5 heteroatoms. The van der Waals surface area contributed by atoms with Crippen LogP contribution in [0.3, 0.4) is 0 Å². The molecular weight excluding hydrogens is 241 g/mol. The minimum atomic E-state index is -0.348. The van der Waals surface area contributed by atoms with Gasteiger partial charge in [-0.25, -0.2) is 9.37 Å². The van der Waals surface area contributed by atoms with Crippen LogP contribution >= 0.6 is 11.6 Å². The lowest BCUT2D eigenvalue weighted by atomic mass is 10.2. The molecular formula is C12H11ClFN3. The van der Waals surface area contributed by atoms with Gasteiger partial charge in [-0.15, -0.1) is 0 Å². The second kappa shape index (κ2) is 4.59. The summed E-state index contributed by atoms with van der Waals surface area (Å²) in [7, 11) is 0. The summed E-state index contributed by atoms with van der Waals surface area (Å²) in [6.07, 6.45) is 1.46. The molecule has 2 rings (SSSR count). The number of nitrogens with one attached hydrogen (secondary N) is 1. The van der Waals surface area contributed by atoms with E-state index in [9.17, 15) is 4.39 Å². The first kappa shape index (κ1) is 11.7. The predicted octanol–water partition coefficient (Wildman–Crippen LogP) is 3.51. The topological polar surface area (TPSA) is 50.9 Å². The van der Waals surface area contributed by atoms with E-state index < -0.39 is 0 Å². The zero-order valence-electron chi connectivity index (χ0n) is 9.17. The Morgan fingerprint density at radius 2 is 2.18 bits per heavy atom. The highest BCUT2D eigenvalue weighted by atomic mass is 35.5. The number of hydrogen-bond donors (Lipinski definition) is 2. The van der Waals surface area contributed by atoms with E-state index in [0.29, 0.717) is 22.2 Å². The van der Waals surface area contributed by atoms with E-state index >= 15 is 0 Å². The number of halogens is 2. The Labute approximate surface area is 103 Å². The number of benzene rings is 1. The first-order chi connectivity index (χ1) is 8.08. The van der Waals surface area contributed by atoms with Gasteiger partial charge < -0.3 is 11.1 Å². The molecule has 0 bridgehead atoms. The third-order valence-electron chi connectivity index (χ3n) is 2.33. The van der Waals surface area contributed by atoms with Gasteiger partial charge in [0.05, 0.1) is 22.6 Å². The summed E-state index contributed by atoms with van der Waals surface area (Å²) in [4.78, 5) is 4.02. The van der Waals surface area contributed by atoms with Crippen LogP contribution in [0.15, 0.2) is 30.5 Å². The summed E-state index contributed by atoms with van der Waals surface area (Å²) in [5.74, 6) is 0.0359. The number of pyridine rings is 1. The molecule has 3 N–H and O–H groups in total. The summed E-state index contributed by atoms with van der Waals surface area (Å²) in [6.45, 7) is 1.80. The molecule has 0 fully saturated rings. The molecule has 0 unspecified atom stereocenters. The molecule has 0 spiro atoms. The van der Waals surface area contributed by atoms with E-state index in [4.69, 9.17) is 17.3 Å². The molecule has 1 aromatic carbocycles. The third-order valence-corrected chi connectivity index (χ3v) is 2.62. The van der Waals surface area contributed by atoms with Gasteiger partial charge in [0.1, 0.15) is 11.6 Å². The van der Waals surface area contributed by atoms with Crippen LogP contribution in [0.25, 0.3) is 0 Å². The lowest BCUT2D eigenvalue weighted by Crippen LogP contribution is -2.00. The van der Waals surface area contributed by atoms with Crippen LogP contribution < -0.4 is 11.1 Å². The molecule has 0 aliphatic carbocycles. The number of nitrogens with zero attached hydrogens (tertiary/aromatic N) is 1. The minimum absolute atomic E-state index is 0.348. The molecule has 1 heterocycles. The van der Waals surface area contributed by atoms with Gasteiger partial charge in [0.25, 0.3) is 0 Å². The predicted molar refractivity (Wildman–Crippen MR) is 68.1 cm³/mol. The Bertz CT molecular complexity index is 537. The fourth-order valence-electron chi connectivity index (χ4n) is 1.45. The van der Waals surface area contributed by atoms with Gasteiger partial charge in [0.2, 0.25) is 0 Å². The van der Waals surface area contributed by atoms with Crippen molar-refractivity contribution in [3.63, 3.8) is 0 Å². The van der Waals surface area contributed by atoms with Gasteiger partial charge in [-0.05, 0) is 24.6 Å². The molecule has 17 heavy (non-hydrogen) atoms. The Balaban J connectivity index is 2.38. The van der Waals surface area contributed by atoms with Crippen LogP contribution in [0.2, 0.25) is 5.02 Å². The average Bonchev–Trinajstić information content (AvgIpc) is 2.26. The lowest BCUT2D eigenvalue weighted by molar-refractivity contribution is 0.631. The number of nitrogen functional groups attached to an aromatic ring is 1. The summed E-state index contributed by atoms with van der Waals surface area (Å²) >= 11 is 5.96. The third kappa shape index (κ3) is 2.47. The first-order valence-corrected chi connectivity index (χ1v) is 5.39. The Morgan fingerprint density at radius 1 is 1.41 bits per heavy atom. The number of rotatable bonds is 2.